The number of ether oxygens (including phenoxy) is 3. The lowest BCUT2D eigenvalue weighted by Gasteiger charge is -2.38. The molecule has 0 amide bonds. The Morgan fingerprint density at radius 2 is 1.93 bits per heavy atom. The van der Waals surface area contributed by atoms with Gasteiger partial charge in [-0.25, -0.2) is 4.98 Å². The molecular weight excluding hydrogens is 554 g/mol. The normalized spacial score (nSPS) is 25.0. The van der Waals surface area contributed by atoms with Crippen molar-refractivity contribution in [1.29, 1.82) is 0 Å². The zero-order chi connectivity index (χ0) is 30.4. The van der Waals surface area contributed by atoms with Gasteiger partial charge in [-0.15, -0.1) is 0 Å². The number of carboxylic acid groups (broad SMARTS) is 1. The fourth-order valence-electron chi connectivity index (χ4n) is 8.03. The molecule has 3 fully saturated rings. The second kappa shape index (κ2) is 11.8. The molecule has 8 nitrogen and oxygen atoms in total. The number of rotatable bonds is 9. The molecule has 44 heavy (non-hydrogen) atoms. The molecule has 1 N–H and O–H groups in total. The topological polar surface area (TPSA) is 84.4 Å². The van der Waals surface area contributed by atoms with E-state index in [2.05, 4.69) is 47.9 Å². The monoisotopic (exact) mass is 597 g/mol. The summed E-state index contributed by atoms with van der Waals surface area (Å²) in [7, 11) is 1.63. The van der Waals surface area contributed by atoms with Gasteiger partial charge in [0.1, 0.15) is 18.2 Å². The van der Waals surface area contributed by atoms with Crippen LogP contribution in [0.2, 0.25) is 0 Å². The number of aromatic nitrogens is 1. The quantitative estimate of drug-likeness (QED) is 0.351. The van der Waals surface area contributed by atoms with E-state index in [9.17, 15) is 9.90 Å². The number of benzene rings is 2. The average molecular weight is 598 g/mol. The van der Waals surface area contributed by atoms with Gasteiger partial charge in [0.05, 0.1) is 23.8 Å². The predicted octanol–water partition coefficient (Wildman–Crippen LogP) is 5.41. The van der Waals surface area contributed by atoms with Gasteiger partial charge in [-0.2, -0.15) is 0 Å². The van der Waals surface area contributed by atoms with Crippen LogP contribution < -0.4 is 9.64 Å². The van der Waals surface area contributed by atoms with Gasteiger partial charge in [0.2, 0.25) is 0 Å². The highest BCUT2D eigenvalue weighted by Crippen LogP contribution is 2.62. The first kappa shape index (κ1) is 29.3. The third-order valence-corrected chi connectivity index (χ3v) is 10.5. The van der Waals surface area contributed by atoms with Gasteiger partial charge >= 0.3 is 5.97 Å². The minimum absolute atomic E-state index is 0.133. The molecule has 3 atom stereocenters. The number of anilines is 1. The maximum absolute atomic E-state index is 12.2. The summed E-state index contributed by atoms with van der Waals surface area (Å²) in [5.41, 5.74) is 7.52. The number of piperidine rings is 1. The summed E-state index contributed by atoms with van der Waals surface area (Å²) in [5.74, 6) is 1.02. The van der Waals surface area contributed by atoms with E-state index in [1.807, 2.05) is 24.3 Å². The highest BCUT2D eigenvalue weighted by molar-refractivity contribution is 5.82. The number of carboxylic acids is 1. The molecule has 0 bridgehead atoms. The van der Waals surface area contributed by atoms with Crippen LogP contribution in [0, 0.1) is 25.2 Å². The van der Waals surface area contributed by atoms with Gasteiger partial charge in [0, 0.05) is 51.6 Å². The maximum atomic E-state index is 12.2. The van der Waals surface area contributed by atoms with Crippen molar-refractivity contribution in [2.75, 3.05) is 44.9 Å². The summed E-state index contributed by atoms with van der Waals surface area (Å²) in [5, 5.41) is 10.1. The first-order valence-corrected chi connectivity index (χ1v) is 16.0. The molecule has 4 aliphatic rings. The minimum Gasteiger partial charge on any atom is -0.488 e. The number of fused-ring (bicyclic) bond motifs is 2. The van der Waals surface area contributed by atoms with Crippen LogP contribution in [0.1, 0.15) is 47.1 Å². The number of pyridine rings is 1. The number of para-hydroxylation sites is 1. The number of hydrogen-bond donors (Lipinski definition) is 1. The molecule has 1 saturated carbocycles. The van der Waals surface area contributed by atoms with Crippen LogP contribution in [0.4, 0.5) is 5.82 Å². The number of aliphatic carboxylic acids is 1. The Kier molecular flexibility index (Phi) is 7.85. The van der Waals surface area contributed by atoms with E-state index in [-0.39, 0.29) is 12.0 Å². The summed E-state index contributed by atoms with van der Waals surface area (Å²) in [6.45, 7) is 9.71. The molecule has 4 heterocycles. The lowest BCUT2D eigenvalue weighted by atomic mass is 9.91. The summed E-state index contributed by atoms with van der Waals surface area (Å²) < 4.78 is 17.7. The predicted molar refractivity (Wildman–Crippen MR) is 169 cm³/mol. The zero-order valence-corrected chi connectivity index (χ0v) is 26.1. The fraction of sp³-hybridized carbons (Fsp3) is 0.500. The largest absolute Gasteiger partial charge is 0.488 e. The van der Waals surface area contributed by atoms with Crippen LogP contribution in [-0.2, 0) is 33.8 Å². The Morgan fingerprint density at radius 3 is 2.73 bits per heavy atom. The van der Waals surface area contributed by atoms with Crippen molar-refractivity contribution in [3.8, 4) is 17.0 Å². The minimum atomic E-state index is -0.735. The molecule has 2 saturated heterocycles. The molecule has 1 aromatic heterocycles. The van der Waals surface area contributed by atoms with E-state index in [4.69, 9.17) is 19.2 Å². The second-order valence-corrected chi connectivity index (χ2v) is 13.1. The summed E-state index contributed by atoms with van der Waals surface area (Å²) in [6.07, 6.45) is 4.04. The number of nitrogens with zero attached hydrogens (tertiary/aromatic N) is 3. The van der Waals surface area contributed by atoms with Crippen molar-refractivity contribution < 1.29 is 24.1 Å². The van der Waals surface area contributed by atoms with E-state index >= 15 is 0 Å². The summed E-state index contributed by atoms with van der Waals surface area (Å²) >= 11 is 0. The van der Waals surface area contributed by atoms with Crippen LogP contribution in [0.25, 0.3) is 11.3 Å². The van der Waals surface area contributed by atoms with E-state index in [0.717, 1.165) is 74.0 Å². The first-order chi connectivity index (χ1) is 21.4. The zero-order valence-electron chi connectivity index (χ0n) is 26.1. The maximum Gasteiger partial charge on any atom is 0.312 e. The SMILES string of the molecule is COC[C@H]1N(c2cccc(-c3cccc(C)c3OCc3cc(C)c4c(c3)CCN(C3CCOCC3)C4)n2)C[C@@H]2C[C@@]21C(=O)O. The van der Waals surface area contributed by atoms with Gasteiger partial charge in [-0.3, -0.25) is 9.69 Å². The molecule has 2 aromatic carbocycles. The van der Waals surface area contributed by atoms with Crippen LogP contribution in [-0.4, -0.2) is 73.1 Å². The van der Waals surface area contributed by atoms with Gasteiger partial charge in [0.25, 0.3) is 0 Å². The van der Waals surface area contributed by atoms with Crippen molar-refractivity contribution in [2.45, 2.75) is 64.8 Å². The summed E-state index contributed by atoms with van der Waals surface area (Å²) in [4.78, 5) is 22.1. The molecule has 0 unspecified atom stereocenters. The third-order valence-electron chi connectivity index (χ3n) is 10.5. The van der Waals surface area contributed by atoms with E-state index in [1.165, 1.54) is 22.3 Å². The molecule has 0 radical (unpaired) electrons. The highest BCUT2D eigenvalue weighted by Gasteiger charge is 2.71. The molecule has 7 rings (SSSR count). The number of aryl methyl sites for hydroxylation is 2. The van der Waals surface area contributed by atoms with Crippen molar-refractivity contribution in [3.05, 3.63) is 76.3 Å². The average Bonchev–Trinajstić information content (AvgIpc) is 3.69. The second-order valence-electron chi connectivity index (χ2n) is 13.1. The Balaban J connectivity index is 1.10. The van der Waals surface area contributed by atoms with Gasteiger partial charge in [-0.05, 0) is 91.5 Å². The van der Waals surface area contributed by atoms with Crippen molar-refractivity contribution >= 4 is 11.8 Å². The molecule has 0 spiro atoms. The standard InChI is InChI=1S/C36H43N3O5/c1-23-6-4-7-29(31-8-5-9-33(37-31)39-19-27-18-36(27,35(40)41)32(39)22-42-3)34(23)44-21-25-16-24(2)30-20-38(13-10-26(30)17-25)28-11-14-43-15-12-28/h4-9,16-17,27-28,32H,10-15,18-22H2,1-3H3,(H,40,41)/t27-,32+,36+/m0/s1. The van der Waals surface area contributed by atoms with Crippen LogP contribution in [0.3, 0.4) is 0 Å². The van der Waals surface area contributed by atoms with Gasteiger partial charge in [0.15, 0.2) is 0 Å². The Hall–Kier alpha value is -3.46. The lowest BCUT2D eigenvalue weighted by molar-refractivity contribution is -0.144. The molecule has 232 valence electrons. The van der Waals surface area contributed by atoms with E-state index < -0.39 is 11.4 Å². The molecule has 1 aliphatic carbocycles. The highest BCUT2D eigenvalue weighted by atomic mass is 16.5. The number of methoxy groups -OCH3 is 1. The summed E-state index contributed by atoms with van der Waals surface area (Å²) in [6, 6.07) is 17.2. The Morgan fingerprint density at radius 1 is 1.11 bits per heavy atom. The van der Waals surface area contributed by atoms with Crippen molar-refractivity contribution in [1.82, 2.24) is 9.88 Å². The van der Waals surface area contributed by atoms with E-state index in [1.54, 1.807) is 7.11 Å². The number of hydrogen-bond acceptors (Lipinski definition) is 7. The van der Waals surface area contributed by atoms with Gasteiger partial charge in [-0.1, -0.05) is 30.3 Å². The van der Waals surface area contributed by atoms with Crippen LogP contribution >= 0.6 is 0 Å². The molecule has 8 heteroatoms. The molecule has 3 aliphatic heterocycles. The fourth-order valence-corrected chi connectivity index (χ4v) is 8.03. The van der Waals surface area contributed by atoms with Crippen LogP contribution in [0.15, 0.2) is 48.5 Å². The third kappa shape index (κ3) is 5.17. The molecule has 3 aromatic rings. The van der Waals surface area contributed by atoms with Crippen LogP contribution in [0.5, 0.6) is 5.75 Å². The van der Waals surface area contributed by atoms with Crippen molar-refractivity contribution in [3.63, 3.8) is 0 Å². The number of carbonyl (C=O) groups is 1. The lowest BCUT2D eigenvalue weighted by Crippen LogP contribution is -2.43. The van der Waals surface area contributed by atoms with Crippen molar-refractivity contribution in [2.24, 2.45) is 11.3 Å². The van der Waals surface area contributed by atoms with Gasteiger partial charge < -0.3 is 24.2 Å². The van der Waals surface area contributed by atoms with E-state index in [0.29, 0.717) is 32.2 Å². The Bertz CT molecular complexity index is 1550. The Labute approximate surface area is 259 Å². The smallest absolute Gasteiger partial charge is 0.312 e. The molecular formula is C36H43N3O5. The first-order valence-electron chi connectivity index (χ1n) is 16.0.